The first-order valence-electron chi connectivity index (χ1n) is 7.44. The van der Waals surface area contributed by atoms with E-state index in [0.29, 0.717) is 24.3 Å². The Morgan fingerprint density at radius 3 is 1.33 bits per heavy atom. The Bertz CT molecular complexity index is 557. The molecule has 0 heterocycles. The molecule has 2 nitrogen and oxygen atoms in total. The maximum absolute atomic E-state index is 8.61. The summed E-state index contributed by atoms with van der Waals surface area (Å²) < 4.78 is 0. The highest BCUT2D eigenvalue weighted by Crippen LogP contribution is 2.36. The van der Waals surface area contributed by atoms with Gasteiger partial charge in [-0.2, -0.15) is 0 Å². The molecule has 0 radical (unpaired) electrons. The van der Waals surface area contributed by atoms with Crippen molar-refractivity contribution in [3.8, 4) is 0 Å². The van der Waals surface area contributed by atoms with E-state index in [4.69, 9.17) is 10.8 Å². The summed E-state index contributed by atoms with van der Waals surface area (Å²) in [5.74, 6) is 0. The van der Waals surface area contributed by atoms with Gasteiger partial charge in [-0.15, -0.1) is 0 Å². The molecule has 2 aromatic carbocycles. The second-order valence-electron chi connectivity index (χ2n) is 5.15. The van der Waals surface area contributed by atoms with Crippen molar-refractivity contribution >= 4 is 11.4 Å². The summed E-state index contributed by atoms with van der Waals surface area (Å²) in [7, 11) is 0. The lowest BCUT2D eigenvalue weighted by Gasteiger charge is -2.36. The fourth-order valence-electron chi connectivity index (χ4n) is 2.95. The number of nitrogens with one attached hydrogen (secondary N) is 2. The van der Waals surface area contributed by atoms with E-state index in [1.807, 2.05) is 74.5 Å². The van der Waals surface area contributed by atoms with Gasteiger partial charge >= 0.3 is 0 Å². The summed E-state index contributed by atoms with van der Waals surface area (Å²) in [6.07, 6.45) is 1.26. The zero-order chi connectivity index (χ0) is 15.3. The van der Waals surface area contributed by atoms with Crippen LogP contribution in [0.5, 0.6) is 0 Å². The van der Waals surface area contributed by atoms with E-state index >= 15 is 0 Å². The van der Waals surface area contributed by atoms with Crippen LogP contribution in [0.1, 0.15) is 37.8 Å². The maximum Gasteiger partial charge on any atom is 0.0952 e. The van der Waals surface area contributed by atoms with Gasteiger partial charge in [0.2, 0.25) is 0 Å². The molecule has 0 fully saturated rings. The summed E-state index contributed by atoms with van der Waals surface area (Å²) in [5, 5.41) is 17.2. The van der Waals surface area contributed by atoms with E-state index in [1.54, 1.807) is 0 Å². The van der Waals surface area contributed by atoms with Crippen LogP contribution < -0.4 is 0 Å². The zero-order valence-corrected chi connectivity index (χ0v) is 12.7. The van der Waals surface area contributed by atoms with Gasteiger partial charge in [0.25, 0.3) is 0 Å². The highest BCUT2D eigenvalue weighted by atomic mass is 14.6. The molecule has 0 unspecified atom stereocenters. The lowest BCUT2D eigenvalue weighted by Crippen LogP contribution is -2.43. The van der Waals surface area contributed by atoms with Gasteiger partial charge in [-0.3, -0.25) is 0 Å². The number of hydrogen-bond acceptors (Lipinski definition) is 2. The van der Waals surface area contributed by atoms with E-state index in [-0.39, 0.29) is 0 Å². The first-order valence-corrected chi connectivity index (χ1v) is 7.44. The van der Waals surface area contributed by atoms with Gasteiger partial charge < -0.3 is 10.8 Å². The van der Waals surface area contributed by atoms with Crippen LogP contribution in [0.3, 0.4) is 0 Å². The summed E-state index contributed by atoms with van der Waals surface area (Å²) in [6.45, 7) is 3.98. The topological polar surface area (TPSA) is 47.7 Å². The predicted molar refractivity (Wildman–Crippen MR) is 89.7 cm³/mol. The van der Waals surface area contributed by atoms with Crippen LogP contribution in [0.25, 0.3) is 0 Å². The SMILES string of the molecule is CCC(=N)C(C(=N)CC)(c1ccccc1)c1ccccc1. The molecule has 0 atom stereocenters. The molecule has 0 aliphatic rings. The normalized spacial score (nSPS) is 11.1. The van der Waals surface area contributed by atoms with Crippen molar-refractivity contribution in [1.29, 1.82) is 10.8 Å². The molecular weight excluding hydrogens is 256 g/mol. The van der Waals surface area contributed by atoms with Crippen molar-refractivity contribution in [2.45, 2.75) is 32.1 Å². The summed E-state index contributed by atoms with van der Waals surface area (Å²) in [4.78, 5) is 0. The minimum Gasteiger partial charge on any atom is -0.308 e. The largest absolute Gasteiger partial charge is 0.308 e. The Morgan fingerprint density at radius 1 is 0.714 bits per heavy atom. The van der Waals surface area contributed by atoms with Crippen LogP contribution >= 0.6 is 0 Å². The van der Waals surface area contributed by atoms with Gasteiger partial charge in [-0.05, 0) is 24.0 Å². The maximum atomic E-state index is 8.61. The van der Waals surface area contributed by atoms with Gasteiger partial charge in [-0.1, -0.05) is 74.5 Å². The van der Waals surface area contributed by atoms with Gasteiger partial charge in [0.1, 0.15) is 0 Å². The van der Waals surface area contributed by atoms with Crippen LogP contribution in [0, 0.1) is 10.8 Å². The molecule has 21 heavy (non-hydrogen) atoms. The van der Waals surface area contributed by atoms with Gasteiger partial charge in [0.15, 0.2) is 0 Å². The predicted octanol–water partition coefficient (Wildman–Crippen LogP) is 4.83. The number of rotatable bonds is 6. The van der Waals surface area contributed by atoms with Crippen LogP contribution in [0.15, 0.2) is 60.7 Å². The molecule has 0 amide bonds. The molecule has 0 aliphatic carbocycles. The first-order chi connectivity index (χ1) is 10.2. The fraction of sp³-hybridized carbons (Fsp3) is 0.263. The Hall–Kier alpha value is -2.22. The molecule has 0 saturated heterocycles. The van der Waals surface area contributed by atoms with Crippen molar-refractivity contribution in [2.24, 2.45) is 0 Å². The third-order valence-electron chi connectivity index (χ3n) is 4.03. The highest BCUT2D eigenvalue weighted by molar-refractivity contribution is 6.17. The average molecular weight is 278 g/mol. The van der Waals surface area contributed by atoms with Gasteiger partial charge in [0, 0.05) is 11.4 Å². The molecule has 0 saturated carbocycles. The van der Waals surface area contributed by atoms with Crippen LogP contribution in [-0.2, 0) is 5.41 Å². The first kappa shape index (κ1) is 15.2. The van der Waals surface area contributed by atoms with Crippen molar-refractivity contribution in [3.63, 3.8) is 0 Å². The minimum atomic E-state index is -0.730. The molecule has 0 aliphatic heterocycles. The summed E-state index contributed by atoms with van der Waals surface area (Å²) in [5.41, 5.74) is 2.44. The van der Waals surface area contributed by atoms with Crippen LogP contribution in [-0.4, -0.2) is 11.4 Å². The van der Waals surface area contributed by atoms with Crippen molar-refractivity contribution in [2.75, 3.05) is 0 Å². The molecule has 0 bridgehead atoms. The monoisotopic (exact) mass is 278 g/mol. The fourth-order valence-corrected chi connectivity index (χ4v) is 2.95. The number of benzene rings is 2. The average Bonchev–Trinajstić information content (AvgIpc) is 2.57. The lowest BCUT2D eigenvalue weighted by molar-refractivity contribution is 0.848. The molecule has 0 aromatic heterocycles. The Kier molecular flexibility index (Phi) is 4.69. The molecule has 2 rings (SSSR count). The van der Waals surface area contributed by atoms with Crippen molar-refractivity contribution in [3.05, 3.63) is 71.8 Å². The highest BCUT2D eigenvalue weighted by Gasteiger charge is 2.41. The number of hydrogen-bond donors (Lipinski definition) is 2. The second-order valence-corrected chi connectivity index (χ2v) is 5.15. The van der Waals surface area contributed by atoms with Crippen LogP contribution in [0.4, 0.5) is 0 Å². The second kappa shape index (κ2) is 6.49. The molecular formula is C19H22N2. The van der Waals surface area contributed by atoms with Gasteiger partial charge in [-0.25, -0.2) is 0 Å². The third kappa shape index (κ3) is 2.54. The van der Waals surface area contributed by atoms with E-state index in [2.05, 4.69) is 0 Å². The molecule has 0 spiro atoms. The van der Waals surface area contributed by atoms with E-state index < -0.39 is 5.41 Å². The summed E-state index contributed by atoms with van der Waals surface area (Å²) >= 11 is 0. The Balaban J connectivity index is 2.78. The van der Waals surface area contributed by atoms with E-state index in [1.165, 1.54) is 0 Å². The Labute approximate surface area is 126 Å². The molecule has 108 valence electrons. The van der Waals surface area contributed by atoms with Gasteiger partial charge in [0.05, 0.1) is 5.41 Å². The van der Waals surface area contributed by atoms with Crippen molar-refractivity contribution in [1.82, 2.24) is 0 Å². The van der Waals surface area contributed by atoms with Crippen LogP contribution in [0.2, 0.25) is 0 Å². The van der Waals surface area contributed by atoms with E-state index in [0.717, 1.165) is 11.1 Å². The van der Waals surface area contributed by atoms with E-state index in [9.17, 15) is 0 Å². The molecule has 2 N–H and O–H groups in total. The minimum absolute atomic E-state index is 0.576. The van der Waals surface area contributed by atoms with Crippen molar-refractivity contribution < 1.29 is 0 Å². The zero-order valence-electron chi connectivity index (χ0n) is 12.7. The Morgan fingerprint density at radius 2 is 1.05 bits per heavy atom. The smallest absolute Gasteiger partial charge is 0.0952 e. The lowest BCUT2D eigenvalue weighted by atomic mass is 9.66. The summed E-state index contributed by atoms with van der Waals surface area (Å²) in [6, 6.07) is 20.0. The molecule has 2 heteroatoms. The standard InChI is InChI=1S/C19H22N2/c1-3-17(20)19(18(21)4-2,15-11-7-5-8-12-15)16-13-9-6-10-14-16/h5-14,20-21H,3-4H2,1-2H3. The third-order valence-corrected chi connectivity index (χ3v) is 4.03. The quantitative estimate of drug-likeness (QED) is 0.711. The molecule has 2 aromatic rings.